The monoisotopic (exact) mass is 373 g/mol. The first-order chi connectivity index (χ1) is 11.9. The fourth-order valence-electron chi connectivity index (χ4n) is 2.94. The van der Waals surface area contributed by atoms with Crippen LogP contribution in [-0.2, 0) is 32.3 Å². The van der Waals surface area contributed by atoms with E-state index in [1.165, 1.54) is 7.11 Å². The van der Waals surface area contributed by atoms with Gasteiger partial charge in [-0.25, -0.2) is 8.42 Å². The molecule has 0 radical (unpaired) electrons. The Morgan fingerprint density at radius 1 is 1.40 bits per heavy atom. The molecule has 0 amide bonds. The molecule has 1 aromatic rings. The lowest BCUT2D eigenvalue weighted by Crippen LogP contribution is -2.36. The molecule has 1 aliphatic heterocycles. The molecule has 25 heavy (non-hydrogen) atoms. The Bertz CT molecular complexity index is 658. The normalized spacial score (nSPS) is 19.4. The molecule has 1 fully saturated rings. The Balaban J connectivity index is 1.91. The van der Waals surface area contributed by atoms with Gasteiger partial charge < -0.3 is 9.26 Å². The number of carbonyl (C=O) groups excluding carboxylic acids is 1. The molecular weight excluding hydrogens is 346 g/mol. The van der Waals surface area contributed by atoms with Gasteiger partial charge in [0.15, 0.2) is 15.7 Å². The molecular formula is C16H27N3O5S. The molecule has 2 rings (SSSR count). The fraction of sp³-hybridized carbons (Fsp3) is 0.812. The molecule has 0 bridgehead atoms. The van der Waals surface area contributed by atoms with E-state index in [1.807, 2.05) is 0 Å². The van der Waals surface area contributed by atoms with Crippen LogP contribution >= 0.6 is 0 Å². The highest BCUT2D eigenvalue weighted by molar-refractivity contribution is 7.91. The van der Waals surface area contributed by atoms with Crippen LogP contribution in [0.1, 0.15) is 50.7 Å². The number of sulfone groups is 1. The lowest BCUT2D eigenvalue weighted by Gasteiger charge is -2.26. The smallest absolute Gasteiger partial charge is 0.305 e. The maximum atomic E-state index is 11.8. The Morgan fingerprint density at radius 3 is 2.84 bits per heavy atom. The molecule has 1 unspecified atom stereocenters. The Labute approximate surface area is 148 Å². The summed E-state index contributed by atoms with van der Waals surface area (Å²) in [4.78, 5) is 17.6. The lowest BCUT2D eigenvalue weighted by atomic mass is 10.2. The molecule has 1 aliphatic rings. The highest BCUT2D eigenvalue weighted by atomic mass is 32.2. The third-order valence-corrected chi connectivity index (χ3v) is 6.13. The zero-order chi connectivity index (χ0) is 18.3. The van der Waals surface area contributed by atoms with Crippen LogP contribution in [0.2, 0.25) is 0 Å². The summed E-state index contributed by atoms with van der Waals surface area (Å²) < 4.78 is 33.3. The number of hydrogen-bond donors (Lipinski definition) is 0. The molecule has 1 saturated heterocycles. The van der Waals surface area contributed by atoms with Gasteiger partial charge in [0.05, 0.1) is 25.2 Å². The van der Waals surface area contributed by atoms with Crippen LogP contribution in [0.3, 0.4) is 0 Å². The third kappa shape index (κ3) is 6.39. The maximum Gasteiger partial charge on any atom is 0.305 e. The van der Waals surface area contributed by atoms with Gasteiger partial charge in [-0.3, -0.25) is 9.69 Å². The Hall–Kier alpha value is -1.48. The number of nitrogens with zero attached hydrogens (tertiary/aromatic N) is 3. The molecule has 1 atom stereocenters. The Morgan fingerprint density at radius 2 is 2.20 bits per heavy atom. The van der Waals surface area contributed by atoms with E-state index in [-0.39, 0.29) is 23.5 Å². The standard InChI is InChI=1S/C16H27N3O5S/c1-3-4-9-19(13-8-10-25(21,22)12-13)11-14-17-15(24-18-14)6-5-7-16(20)23-2/h13H,3-12H2,1-2H3. The van der Waals surface area contributed by atoms with Crippen molar-refractivity contribution in [3.05, 3.63) is 11.7 Å². The minimum atomic E-state index is -2.93. The topological polar surface area (TPSA) is 103 Å². The number of aryl methyl sites for hydroxylation is 1. The van der Waals surface area contributed by atoms with Gasteiger partial charge in [-0.2, -0.15) is 4.98 Å². The van der Waals surface area contributed by atoms with Crippen molar-refractivity contribution >= 4 is 15.8 Å². The van der Waals surface area contributed by atoms with Gasteiger partial charge in [0.2, 0.25) is 5.89 Å². The predicted molar refractivity (Wildman–Crippen MR) is 91.6 cm³/mol. The molecule has 0 aromatic carbocycles. The van der Waals surface area contributed by atoms with Gasteiger partial charge in [-0.1, -0.05) is 18.5 Å². The molecule has 142 valence electrons. The summed E-state index contributed by atoms with van der Waals surface area (Å²) in [7, 11) is -1.56. The summed E-state index contributed by atoms with van der Waals surface area (Å²) in [5.41, 5.74) is 0. The SMILES string of the molecule is CCCCN(Cc1noc(CCCC(=O)OC)n1)C1CCS(=O)(=O)C1. The van der Waals surface area contributed by atoms with E-state index in [2.05, 4.69) is 26.7 Å². The molecule has 0 aliphatic carbocycles. The molecule has 2 heterocycles. The van der Waals surface area contributed by atoms with Crippen LogP contribution in [0.5, 0.6) is 0 Å². The van der Waals surface area contributed by atoms with Crippen molar-refractivity contribution in [1.82, 2.24) is 15.0 Å². The Kier molecular flexibility index (Phi) is 7.37. The van der Waals surface area contributed by atoms with Crippen LogP contribution in [0.25, 0.3) is 0 Å². The number of carbonyl (C=O) groups is 1. The highest BCUT2D eigenvalue weighted by Crippen LogP contribution is 2.20. The van der Waals surface area contributed by atoms with E-state index in [0.29, 0.717) is 43.9 Å². The quantitative estimate of drug-likeness (QED) is 0.566. The van der Waals surface area contributed by atoms with Gasteiger partial charge in [0.1, 0.15) is 0 Å². The number of rotatable bonds is 10. The second-order valence-electron chi connectivity index (χ2n) is 6.41. The second kappa shape index (κ2) is 9.28. The van der Waals surface area contributed by atoms with E-state index in [9.17, 15) is 13.2 Å². The van der Waals surface area contributed by atoms with Crippen molar-refractivity contribution in [2.24, 2.45) is 0 Å². The second-order valence-corrected chi connectivity index (χ2v) is 8.64. The first kappa shape index (κ1) is 19.8. The van der Waals surface area contributed by atoms with Crippen molar-refractivity contribution < 1.29 is 22.5 Å². The van der Waals surface area contributed by atoms with E-state index >= 15 is 0 Å². The average molecular weight is 373 g/mol. The minimum Gasteiger partial charge on any atom is -0.469 e. The molecule has 0 N–H and O–H groups in total. The lowest BCUT2D eigenvalue weighted by molar-refractivity contribution is -0.140. The number of esters is 1. The van der Waals surface area contributed by atoms with Gasteiger partial charge >= 0.3 is 5.97 Å². The number of hydrogen-bond acceptors (Lipinski definition) is 8. The van der Waals surface area contributed by atoms with Gasteiger partial charge in [0, 0.05) is 18.9 Å². The van der Waals surface area contributed by atoms with Gasteiger partial charge in [-0.15, -0.1) is 0 Å². The fourth-order valence-corrected chi connectivity index (χ4v) is 4.70. The minimum absolute atomic E-state index is 0.0258. The maximum absolute atomic E-state index is 11.8. The first-order valence-corrected chi connectivity index (χ1v) is 10.6. The van der Waals surface area contributed by atoms with Crippen LogP contribution in [0, 0.1) is 0 Å². The number of ether oxygens (including phenoxy) is 1. The number of methoxy groups -OCH3 is 1. The van der Waals surface area contributed by atoms with Crippen molar-refractivity contribution in [1.29, 1.82) is 0 Å². The largest absolute Gasteiger partial charge is 0.469 e. The summed E-state index contributed by atoms with van der Waals surface area (Å²) in [5, 5.41) is 4.00. The van der Waals surface area contributed by atoms with Crippen molar-refractivity contribution in [2.45, 2.75) is 58.0 Å². The van der Waals surface area contributed by atoms with Crippen LogP contribution in [-0.4, -0.2) is 60.6 Å². The summed E-state index contributed by atoms with van der Waals surface area (Å²) in [5.74, 6) is 1.26. The molecule has 8 nitrogen and oxygen atoms in total. The zero-order valence-electron chi connectivity index (χ0n) is 14.9. The molecule has 0 spiro atoms. The van der Waals surface area contributed by atoms with Crippen molar-refractivity contribution in [2.75, 3.05) is 25.2 Å². The summed E-state index contributed by atoms with van der Waals surface area (Å²) in [6, 6.07) is 0.0258. The van der Waals surface area contributed by atoms with Crippen LogP contribution in [0.4, 0.5) is 0 Å². The van der Waals surface area contributed by atoms with Crippen molar-refractivity contribution in [3.63, 3.8) is 0 Å². The van der Waals surface area contributed by atoms with E-state index < -0.39 is 9.84 Å². The summed E-state index contributed by atoms with van der Waals surface area (Å²) in [6.07, 6.45) is 4.14. The third-order valence-electron chi connectivity index (χ3n) is 4.38. The number of unbranched alkanes of at least 4 members (excludes halogenated alkanes) is 1. The molecule has 1 aromatic heterocycles. The summed E-state index contributed by atoms with van der Waals surface area (Å²) >= 11 is 0. The van der Waals surface area contributed by atoms with E-state index in [1.54, 1.807) is 0 Å². The predicted octanol–water partition coefficient (Wildman–Crippen LogP) is 1.35. The highest BCUT2D eigenvalue weighted by Gasteiger charge is 2.32. The first-order valence-electron chi connectivity index (χ1n) is 8.76. The van der Waals surface area contributed by atoms with E-state index in [0.717, 1.165) is 19.4 Å². The zero-order valence-corrected chi connectivity index (χ0v) is 15.8. The van der Waals surface area contributed by atoms with Crippen LogP contribution in [0.15, 0.2) is 4.52 Å². The molecule has 9 heteroatoms. The van der Waals surface area contributed by atoms with Crippen molar-refractivity contribution in [3.8, 4) is 0 Å². The van der Waals surface area contributed by atoms with Gasteiger partial charge in [0.25, 0.3) is 0 Å². The number of aromatic nitrogens is 2. The van der Waals surface area contributed by atoms with E-state index in [4.69, 9.17) is 4.52 Å². The molecule has 0 saturated carbocycles. The van der Waals surface area contributed by atoms with Crippen LogP contribution < -0.4 is 0 Å². The summed E-state index contributed by atoms with van der Waals surface area (Å²) in [6.45, 7) is 3.42. The van der Waals surface area contributed by atoms with Gasteiger partial charge in [-0.05, 0) is 25.8 Å². The average Bonchev–Trinajstić information content (AvgIpc) is 3.17.